The predicted molar refractivity (Wildman–Crippen MR) is 88.3 cm³/mol. The van der Waals surface area contributed by atoms with Crippen molar-refractivity contribution in [2.75, 3.05) is 5.32 Å². The minimum atomic E-state index is -0.404. The van der Waals surface area contributed by atoms with Crippen LogP contribution in [0.1, 0.15) is 0 Å². The van der Waals surface area contributed by atoms with Gasteiger partial charge in [-0.15, -0.1) is 0 Å². The molecule has 0 atom stereocenters. The zero-order valence-electron chi connectivity index (χ0n) is 11.8. The summed E-state index contributed by atoms with van der Waals surface area (Å²) in [5, 5.41) is 13.9. The largest absolute Gasteiger partial charge is 0.356 e. The number of hydrogen-bond acceptors (Lipinski definition) is 3. The number of non-ortho nitro benzene ring substituents is 1. The average Bonchev–Trinajstić information content (AvgIpc) is 2.57. The van der Waals surface area contributed by atoms with Gasteiger partial charge in [0.25, 0.3) is 5.69 Å². The van der Waals surface area contributed by atoms with Crippen LogP contribution in [-0.4, -0.2) is 4.92 Å². The highest BCUT2D eigenvalue weighted by molar-refractivity contribution is 5.68. The molecule has 0 heterocycles. The van der Waals surface area contributed by atoms with Crippen molar-refractivity contribution in [1.29, 1.82) is 0 Å². The molecule has 0 amide bonds. The second-order valence-corrected chi connectivity index (χ2v) is 4.87. The molecule has 0 spiro atoms. The smallest absolute Gasteiger partial charge is 0.269 e. The van der Waals surface area contributed by atoms with E-state index in [0.29, 0.717) is 0 Å². The molecule has 0 saturated heterocycles. The molecule has 0 aliphatic rings. The Balaban J connectivity index is 1.75. The van der Waals surface area contributed by atoms with Crippen molar-refractivity contribution in [2.24, 2.45) is 0 Å². The third kappa shape index (κ3) is 3.12. The summed E-state index contributed by atoms with van der Waals surface area (Å²) >= 11 is 0. The topological polar surface area (TPSA) is 55.2 Å². The first-order chi connectivity index (χ1) is 10.7. The Labute approximate surface area is 128 Å². The van der Waals surface area contributed by atoms with Crippen LogP contribution in [0.2, 0.25) is 0 Å². The van der Waals surface area contributed by atoms with Gasteiger partial charge in [-0.05, 0) is 35.4 Å². The molecule has 0 aliphatic carbocycles. The second-order valence-electron chi connectivity index (χ2n) is 4.87. The molecule has 0 radical (unpaired) electrons. The summed E-state index contributed by atoms with van der Waals surface area (Å²) in [7, 11) is 0. The van der Waals surface area contributed by atoms with E-state index < -0.39 is 4.92 Å². The summed E-state index contributed by atoms with van der Waals surface area (Å²) in [6.45, 7) is 0. The summed E-state index contributed by atoms with van der Waals surface area (Å²) in [5.74, 6) is 0. The minimum absolute atomic E-state index is 0.0879. The molecule has 22 heavy (non-hydrogen) atoms. The molecule has 0 aliphatic heterocycles. The molecular formula is C18H14N2O2. The molecule has 0 saturated carbocycles. The van der Waals surface area contributed by atoms with E-state index >= 15 is 0 Å². The molecule has 4 heteroatoms. The van der Waals surface area contributed by atoms with Crippen LogP contribution in [0.4, 0.5) is 17.1 Å². The number of rotatable bonds is 4. The van der Waals surface area contributed by atoms with Crippen molar-refractivity contribution in [3.05, 3.63) is 89.0 Å². The molecule has 1 N–H and O–H groups in total. The van der Waals surface area contributed by atoms with Crippen molar-refractivity contribution in [1.82, 2.24) is 0 Å². The average molecular weight is 290 g/mol. The number of nitro benzene ring substituents is 1. The van der Waals surface area contributed by atoms with E-state index in [0.717, 1.165) is 16.9 Å². The fourth-order valence-electron chi connectivity index (χ4n) is 2.21. The highest BCUT2D eigenvalue weighted by Crippen LogP contribution is 2.24. The maximum absolute atomic E-state index is 10.6. The van der Waals surface area contributed by atoms with Crippen molar-refractivity contribution in [2.45, 2.75) is 0 Å². The van der Waals surface area contributed by atoms with Crippen molar-refractivity contribution < 1.29 is 4.92 Å². The van der Waals surface area contributed by atoms with Crippen LogP contribution < -0.4 is 5.32 Å². The fraction of sp³-hybridized carbons (Fsp3) is 0. The molecule has 3 rings (SSSR count). The highest BCUT2D eigenvalue weighted by Gasteiger charge is 2.04. The molecule has 3 aromatic carbocycles. The van der Waals surface area contributed by atoms with E-state index in [9.17, 15) is 10.1 Å². The quantitative estimate of drug-likeness (QED) is 0.543. The van der Waals surface area contributed by atoms with Gasteiger partial charge >= 0.3 is 0 Å². The Hall–Kier alpha value is -3.14. The number of anilines is 2. The normalized spacial score (nSPS) is 10.2. The van der Waals surface area contributed by atoms with Crippen molar-refractivity contribution in [3.63, 3.8) is 0 Å². The minimum Gasteiger partial charge on any atom is -0.356 e. The van der Waals surface area contributed by atoms with Gasteiger partial charge in [0.15, 0.2) is 0 Å². The summed E-state index contributed by atoms with van der Waals surface area (Å²) in [6.07, 6.45) is 0. The summed E-state index contributed by atoms with van der Waals surface area (Å²) in [6, 6.07) is 24.6. The SMILES string of the molecule is O=[N+]([O-])c1ccc(Nc2ccc(-c3ccccc3)cc2)cc1. The molecule has 0 bridgehead atoms. The lowest BCUT2D eigenvalue weighted by Gasteiger charge is -2.07. The van der Waals surface area contributed by atoms with Gasteiger partial charge in [-0.3, -0.25) is 10.1 Å². The Morgan fingerprint density at radius 3 is 1.73 bits per heavy atom. The Kier molecular flexibility index (Phi) is 3.83. The van der Waals surface area contributed by atoms with E-state index in [-0.39, 0.29) is 5.69 Å². The zero-order chi connectivity index (χ0) is 15.4. The molecule has 0 fully saturated rings. The van der Waals surface area contributed by atoms with Gasteiger partial charge in [0.05, 0.1) is 4.92 Å². The van der Waals surface area contributed by atoms with E-state index in [2.05, 4.69) is 17.4 Å². The van der Waals surface area contributed by atoms with E-state index in [4.69, 9.17) is 0 Å². The molecule has 0 aromatic heterocycles. The van der Waals surface area contributed by atoms with Gasteiger partial charge in [-0.25, -0.2) is 0 Å². The van der Waals surface area contributed by atoms with Gasteiger partial charge in [0.2, 0.25) is 0 Å². The third-order valence-electron chi connectivity index (χ3n) is 3.36. The van der Waals surface area contributed by atoms with Gasteiger partial charge in [0.1, 0.15) is 0 Å². The van der Waals surface area contributed by atoms with E-state index in [1.165, 1.54) is 17.7 Å². The maximum atomic E-state index is 10.6. The highest BCUT2D eigenvalue weighted by atomic mass is 16.6. The van der Waals surface area contributed by atoms with E-state index in [1.54, 1.807) is 12.1 Å². The maximum Gasteiger partial charge on any atom is 0.269 e. The first-order valence-corrected chi connectivity index (χ1v) is 6.89. The number of benzene rings is 3. The third-order valence-corrected chi connectivity index (χ3v) is 3.36. The number of nitrogens with zero attached hydrogens (tertiary/aromatic N) is 1. The fourth-order valence-corrected chi connectivity index (χ4v) is 2.21. The Bertz CT molecular complexity index is 766. The predicted octanol–water partition coefficient (Wildman–Crippen LogP) is 5.01. The van der Waals surface area contributed by atoms with Gasteiger partial charge in [-0.1, -0.05) is 42.5 Å². The summed E-state index contributed by atoms with van der Waals surface area (Å²) < 4.78 is 0. The molecule has 3 aromatic rings. The lowest BCUT2D eigenvalue weighted by molar-refractivity contribution is -0.384. The lowest BCUT2D eigenvalue weighted by atomic mass is 10.1. The standard InChI is InChI=1S/C18H14N2O2/c21-20(22)18-12-10-17(11-13-18)19-16-8-6-15(7-9-16)14-4-2-1-3-5-14/h1-13,19H. The van der Waals surface area contributed by atoms with E-state index in [1.807, 2.05) is 42.5 Å². The van der Waals surface area contributed by atoms with Crippen LogP contribution in [0.5, 0.6) is 0 Å². The molecular weight excluding hydrogens is 276 g/mol. The van der Waals surface area contributed by atoms with Crippen LogP contribution >= 0.6 is 0 Å². The van der Waals surface area contributed by atoms with Gasteiger partial charge < -0.3 is 5.32 Å². The lowest BCUT2D eigenvalue weighted by Crippen LogP contribution is -1.91. The molecule has 108 valence electrons. The molecule has 4 nitrogen and oxygen atoms in total. The second kappa shape index (κ2) is 6.10. The first-order valence-electron chi connectivity index (χ1n) is 6.89. The zero-order valence-corrected chi connectivity index (χ0v) is 11.8. The van der Waals surface area contributed by atoms with Crippen molar-refractivity contribution >= 4 is 17.1 Å². The van der Waals surface area contributed by atoms with Crippen molar-refractivity contribution in [3.8, 4) is 11.1 Å². The monoisotopic (exact) mass is 290 g/mol. The van der Waals surface area contributed by atoms with Gasteiger partial charge in [0, 0.05) is 23.5 Å². The summed E-state index contributed by atoms with van der Waals surface area (Å²) in [4.78, 5) is 10.2. The number of hydrogen-bond donors (Lipinski definition) is 1. The molecule has 0 unspecified atom stereocenters. The van der Waals surface area contributed by atoms with Crippen LogP contribution in [0, 0.1) is 10.1 Å². The Morgan fingerprint density at radius 2 is 1.18 bits per heavy atom. The van der Waals surface area contributed by atoms with Crippen LogP contribution in [0.3, 0.4) is 0 Å². The van der Waals surface area contributed by atoms with Gasteiger partial charge in [-0.2, -0.15) is 0 Å². The van der Waals surface area contributed by atoms with Crippen LogP contribution in [0.25, 0.3) is 11.1 Å². The first kappa shape index (κ1) is 13.8. The summed E-state index contributed by atoms with van der Waals surface area (Å²) in [5.41, 5.74) is 4.16. The number of nitro groups is 1. The number of nitrogens with one attached hydrogen (secondary N) is 1. The van der Waals surface area contributed by atoms with Crippen LogP contribution in [0.15, 0.2) is 78.9 Å². The van der Waals surface area contributed by atoms with Crippen LogP contribution in [-0.2, 0) is 0 Å². The Morgan fingerprint density at radius 1 is 0.682 bits per heavy atom.